The average Bonchev–Trinajstić information content (AvgIpc) is 2.95. The summed E-state index contributed by atoms with van der Waals surface area (Å²) in [6, 6.07) is 2.10. The molecule has 0 fully saturated rings. The molecule has 0 spiro atoms. The second-order valence-corrected chi connectivity index (χ2v) is 9.22. The second kappa shape index (κ2) is 5.90. The van der Waals surface area contributed by atoms with Crippen molar-refractivity contribution in [3.05, 3.63) is 36.2 Å². The zero-order valence-electron chi connectivity index (χ0n) is 12.7. The first-order valence-electron chi connectivity index (χ1n) is 7.08. The molecular weight excluding hydrogens is 359 g/mol. The van der Waals surface area contributed by atoms with Crippen LogP contribution in [0.2, 0.25) is 0 Å². The SMILES string of the molecule is CS(=O)(=O)c1cc(S(=O)(=O)NC2CCCn3ncnc32)ccc1F. The summed E-state index contributed by atoms with van der Waals surface area (Å²) < 4.78 is 66.0. The monoisotopic (exact) mass is 374 g/mol. The van der Waals surface area contributed by atoms with Crippen molar-refractivity contribution in [2.45, 2.75) is 35.2 Å². The summed E-state index contributed by atoms with van der Waals surface area (Å²) in [4.78, 5) is 3.08. The van der Waals surface area contributed by atoms with E-state index in [4.69, 9.17) is 0 Å². The Morgan fingerprint density at radius 1 is 1.29 bits per heavy atom. The highest BCUT2D eigenvalue weighted by atomic mass is 32.2. The van der Waals surface area contributed by atoms with Gasteiger partial charge < -0.3 is 0 Å². The van der Waals surface area contributed by atoms with Gasteiger partial charge in [-0.15, -0.1) is 0 Å². The third-order valence-electron chi connectivity index (χ3n) is 3.73. The molecular formula is C13H15FN4O4S2. The van der Waals surface area contributed by atoms with Crippen molar-refractivity contribution in [3.63, 3.8) is 0 Å². The number of fused-ring (bicyclic) bond motifs is 1. The van der Waals surface area contributed by atoms with Crippen LogP contribution in [0.3, 0.4) is 0 Å². The van der Waals surface area contributed by atoms with Crippen molar-refractivity contribution in [3.8, 4) is 0 Å². The number of sulfonamides is 1. The number of rotatable bonds is 4. The molecule has 0 radical (unpaired) electrons. The lowest BCUT2D eigenvalue weighted by Crippen LogP contribution is -2.33. The van der Waals surface area contributed by atoms with Gasteiger partial charge in [0.05, 0.1) is 10.9 Å². The molecule has 0 saturated heterocycles. The lowest BCUT2D eigenvalue weighted by atomic mass is 10.1. The van der Waals surface area contributed by atoms with Crippen LogP contribution < -0.4 is 4.72 Å². The maximum Gasteiger partial charge on any atom is 0.241 e. The molecule has 1 unspecified atom stereocenters. The van der Waals surface area contributed by atoms with Gasteiger partial charge in [0, 0.05) is 12.8 Å². The molecule has 2 heterocycles. The summed E-state index contributed by atoms with van der Waals surface area (Å²) in [6.45, 7) is 0.655. The smallest absolute Gasteiger partial charge is 0.241 e. The van der Waals surface area contributed by atoms with Crippen molar-refractivity contribution < 1.29 is 21.2 Å². The maximum absolute atomic E-state index is 13.7. The lowest BCUT2D eigenvalue weighted by Gasteiger charge is -2.23. The summed E-state index contributed by atoms with van der Waals surface area (Å²) in [6.07, 6.45) is 3.43. The van der Waals surface area contributed by atoms with E-state index in [1.54, 1.807) is 4.68 Å². The van der Waals surface area contributed by atoms with E-state index in [0.29, 0.717) is 18.8 Å². The van der Waals surface area contributed by atoms with E-state index in [2.05, 4.69) is 14.8 Å². The molecule has 3 rings (SSSR count). The summed E-state index contributed by atoms with van der Waals surface area (Å²) in [5.74, 6) is -0.496. The maximum atomic E-state index is 13.7. The number of sulfone groups is 1. The predicted molar refractivity (Wildman–Crippen MR) is 81.8 cm³/mol. The van der Waals surface area contributed by atoms with Crippen molar-refractivity contribution >= 4 is 19.9 Å². The number of hydrogen-bond acceptors (Lipinski definition) is 6. The summed E-state index contributed by atoms with van der Waals surface area (Å²) in [5, 5.41) is 4.01. The molecule has 11 heteroatoms. The van der Waals surface area contributed by atoms with Gasteiger partial charge in [0.1, 0.15) is 22.9 Å². The molecule has 0 amide bonds. The molecule has 0 bridgehead atoms. The number of nitrogens with one attached hydrogen (secondary N) is 1. The van der Waals surface area contributed by atoms with Crippen LogP contribution in [0.1, 0.15) is 24.7 Å². The molecule has 0 saturated carbocycles. The molecule has 1 aromatic carbocycles. The zero-order valence-corrected chi connectivity index (χ0v) is 14.3. The Hall–Kier alpha value is -1.85. The van der Waals surface area contributed by atoms with Gasteiger partial charge in [0.15, 0.2) is 9.84 Å². The first-order chi connectivity index (χ1) is 11.2. The van der Waals surface area contributed by atoms with Crippen LogP contribution in [0.15, 0.2) is 34.3 Å². The summed E-state index contributed by atoms with van der Waals surface area (Å²) in [5.41, 5.74) is 0. The van der Waals surface area contributed by atoms with E-state index in [-0.39, 0.29) is 4.90 Å². The van der Waals surface area contributed by atoms with Crippen molar-refractivity contribution in [2.24, 2.45) is 0 Å². The minimum absolute atomic E-state index is 0.319. The highest BCUT2D eigenvalue weighted by Gasteiger charge is 2.28. The Kier molecular flexibility index (Phi) is 4.18. The Labute approximate surface area is 138 Å². The summed E-state index contributed by atoms with van der Waals surface area (Å²) >= 11 is 0. The Morgan fingerprint density at radius 3 is 2.75 bits per heavy atom. The minimum atomic E-state index is -4.04. The Bertz CT molecular complexity index is 985. The molecule has 1 atom stereocenters. The largest absolute Gasteiger partial charge is 0.248 e. The van der Waals surface area contributed by atoms with Crippen LogP contribution in [0.25, 0.3) is 0 Å². The van der Waals surface area contributed by atoms with Gasteiger partial charge in [0.25, 0.3) is 0 Å². The number of benzene rings is 1. The first kappa shape index (κ1) is 17.0. The molecule has 2 aromatic rings. The fraction of sp³-hybridized carbons (Fsp3) is 0.385. The first-order valence-corrected chi connectivity index (χ1v) is 10.5. The molecule has 8 nitrogen and oxygen atoms in total. The molecule has 0 aliphatic carbocycles. The number of hydrogen-bond donors (Lipinski definition) is 1. The van der Waals surface area contributed by atoms with Crippen LogP contribution in [0.4, 0.5) is 4.39 Å². The van der Waals surface area contributed by atoms with E-state index in [0.717, 1.165) is 30.9 Å². The highest BCUT2D eigenvalue weighted by molar-refractivity contribution is 7.91. The minimum Gasteiger partial charge on any atom is -0.248 e. The van der Waals surface area contributed by atoms with Crippen LogP contribution in [0.5, 0.6) is 0 Å². The van der Waals surface area contributed by atoms with Gasteiger partial charge in [-0.2, -0.15) is 5.10 Å². The molecule has 1 aliphatic rings. The number of halogens is 1. The van der Waals surface area contributed by atoms with E-state index in [1.165, 1.54) is 6.33 Å². The van der Waals surface area contributed by atoms with Crippen LogP contribution in [0, 0.1) is 5.82 Å². The Balaban J connectivity index is 1.96. The fourth-order valence-corrected chi connectivity index (χ4v) is 4.68. The van der Waals surface area contributed by atoms with Crippen LogP contribution in [-0.2, 0) is 26.4 Å². The van der Waals surface area contributed by atoms with Crippen LogP contribution >= 0.6 is 0 Å². The van der Waals surface area contributed by atoms with Crippen molar-refractivity contribution in [1.29, 1.82) is 0 Å². The predicted octanol–water partition coefficient (Wildman–Crippen LogP) is 0.634. The van der Waals surface area contributed by atoms with Gasteiger partial charge in [-0.3, -0.25) is 0 Å². The molecule has 24 heavy (non-hydrogen) atoms. The zero-order chi connectivity index (χ0) is 17.5. The van der Waals surface area contributed by atoms with E-state index in [9.17, 15) is 21.2 Å². The van der Waals surface area contributed by atoms with Gasteiger partial charge in [0.2, 0.25) is 10.0 Å². The highest BCUT2D eigenvalue weighted by Crippen LogP contribution is 2.26. The topological polar surface area (TPSA) is 111 Å². The van der Waals surface area contributed by atoms with Crippen molar-refractivity contribution in [1.82, 2.24) is 19.5 Å². The molecule has 130 valence electrons. The lowest BCUT2D eigenvalue weighted by molar-refractivity contribution is 0.400. The van der Waals surface area contributed by atoms with E-state index in [1.807, 2.05) is 0 Å². The van der Waals surface area contributed by atoms with Gasteiger partial charge in [-0.1, -0.05) is 0 Å². The van der Waals surface area contributed by atoms with Crippen molar-refractivity contribution in [2.75, 3.05) is 6.26 Å². The molecule has 1 aromatic heterocycles. The number of nitrogens with zero attached hydrogens (tertiary/aromatic N) is 3. The van der Waals surface area contributed by atoms with Crippen LogP contribution in [-0.4, -0.2) is 37.9 Å². The van der Waals surface area contributed by atoms with Gasteiger partial charge in [-0.05, 0) is 31.0 Å². The molecule has 1 N–H and O–H groups in total. The molecule has 1 aliphatic heterocycles. The fourth-order valence-electron chi connectivity index (χ4n) is 2.59. The van der Waals surface area contributed by atoms with Gasteiger partial charge >= 0.3 is 0 Å². The second-order valence-electron chi connectivity index (χ2n) is 5.52. The summed E-state index contributed by atoms with van der Waals surface area (Å²) in [7, 11) is -7.93. The third-order valence-corrected chi connectivity index (χ3v) is 6.31. The van der Waals surface area contributed by atoms with E-state index < -0.39 is 36.6 Å². The Morgan fingerprint density at radius 2 is 2.04 bits per heavy atom. The standard InChI is InChI=1S/C13H15FN4O4S2/c1-23(19,20)12-7-9(4-5-10(12)14)24(21,22)17-11-3-2-6-18-13(11)15-8-16-18/h4-5,7-8,11,17H,2-3,6H2,1H3. The number of aryl methyl sites for hydroxylation is 1. The third kappa shape index (κ3) is 3.19. The quantitative estimate of drug-likeness (QED) is 0.840. The van der Waals surface area contributed by atoms with Gasteiger partial charge in [-0.25, -0.2) is 35.6 Å². The average molecular weight is 374 g/mol. The normalized spacial score (nSPS) is 18.3. The van der Waals surface area contributed by atoms with E-state index >= 15 is 0 Å². The number of aromatic nitrogens is 3.